The molecule has 0 spiro atoms. The van der Waals surface area contributed by atoms with Crippen LogP contribution in [-0.2, 0) is 14.3 Å². The average Bonchev–Trinajstić information content (AvgIpc) is 3.59. The number of ether oxygens (including phenoxy) is 1. The van der Waals surface area contributed by atoms with Gasteiger partial charge in [-0.1, -0.05) is 82.2 Å². The summed E-state index contributed by atoms with van der Waals surface area (Å²) in [6.07, 6.45) is 11.5. The van der Waals surface area contributed by atoms with Crippen LogP contribution in [-0.4, -0.2) is 24.4 Å². The molecule has 196 valence electrons. The van der Waals surface area contributed by atoms with Crippen molar-refractivity contribution >= 4 is 23.5 Å². The van der Waals surface area contributed by atoms with Crippen LogP contribution >= 0.6 is 0 Å². The van der Waals surface area contributed by atoms with Gasteiger partial charge in [-0.25, -0.2) is 4.79 Å². The van der Waals surface area contributed by atoms with Gasteiger partial charge >= 0.3 is 5.97 Å². The Hall–Kier alpha value is -2.95. The molecule has 1 saturated heterocycles. The van der Waals surface area contributed by atoms with E-state index in [1.165, 1.54) is 49.0 Å². The summed E-state index contributed by atoms with van der Waals surface area (Å²) in [5.41, 5.74) is 2.29. The molecule has 3 aliphatic rings. The van der Waals surface area contributed by atoms with Crippen molar-refractivity contribution in [1.82, 2.24) is 0 Å². The molecule has 5 rings (SSSR count). The molecule has 5 atom stereocenters. The highest BCUT2D eigenvalue weighted by Crippen LogP contribution is 2.61. The first-order valence-corrected chi connectivity index (χ1v) is 14.3. The smallest absolute Gasteiger partial charge is 0.338 e. The summed E-state index contributed by atoms with van der Waals surface area (Å²) in [7, 11) is 0. The van der Waals surface area contributed by atoms with Gasteiger partial charge in [-0.05, 0) is 66.8 Å². The lowest BCUT2D eigenvalue weighted by Gasteiger charge is -2.28. The van der Waals surface area contributed by atoms with E-state index in [0.717, 1.165) is 25.7 Å². The molecule has 2 bridgehead atoms. The Morgan fingerprint density at radius 1 is 0.811 bits per heavy atom. The molecule has 2 amide bonds. The molecule has 2 aromatic rings. The fourth-order valence-electron chi connectivity index (χ4n) is 7.03. The van der Waals surface area contributed by atoms with Crippen molar-refractivity contribution in [2.45, 2.75) is 77.0 Å². The normalized spacial score (nSPS) is 26.1. The molecule has 2 aliphatic carbocycles. The summed E-state index contributed by atoms with van der Waals surface area (Å²) in [5.74, 6) is -0.0816. The van der Waals surface area contributed by atoms with E-state index in [1.807, 2.05) is 6.07 Å². The Labute approximate surface area is 220 Å². The first kappa shape index (κ1) is 25.7. The van der Waals surface area contributed by atoms with Crippen LogP contribution in [0.5, 0.6) is 0 Å². The Kier molecular flexibility index (Phi) is 8.07. The molecule has 0 radical (unpaired) electrons. The van der Waals surface area contributed by atoms with Crippen LogP contribution in [0.1, 0.15) is 93.0 Å². The number of carbonyl (C=O) groups excluding carboxylic acids is 3. The molecule has 2 saturated carbocycles. The van der Waals surface area contributed by atoms with Gasteiger partial charge in [-0.3, -0.25) is 14.5 Å². The lowest BCUT2D eigenvalue weighted by Crippen LogP contribution is -2.33. The summed E-state index contributed by atoms with van der Waals surface area (Å²) < 4.78 is 5.45. The predicted octanol–water partition coefficient (Wildman–Crippen LogP) is 6.91. The number of carbonyl (C=O) groups is 3. The maximum Gasteiger partial charge on any atom is 0.338 e. The van der Waals surface area contributed by atoms with Crippen molar-refractivity contribution in [3.63, 3.8) is 0 Å². The zero-order valence-electron chi connectivity index (χ0n) is 21.9. The quantitative estimate of drug-likeness (QED) is 0.180. The van der Waals surface area contributed by atoms with E-state index in [-0.39, 0.29) is 41.5 Å². The van der Waals surface area contributed by atoms with Crippen molar-refractivity contribution in [3.8, 4) is 0 Å². The molecular weight excluding hydrogens is 462 g/mol. The van der Waals surface area contributed by atoms with Crippen molar-refractivity contribution < 1.29 is 19.1 Å². The van der Waals surface area contributed by atoms with Crippen LogP contribution in [0.4, 0.5) is 5.69 Å². The third kappa shape index (κ3) is 5.23. The second kappa shape index (κ2) is 11.6. The molecular formula is C32H39NO4. The van der Waals surface area contributed by atoms with E-state index in [0.29, 0.717) is 23.8 Å². The van der Waals surface area contributed by atoms with Crippen molar-refractivity contribution in [2.24, 2.45) is 23.7 Å². The zero-order chi connectivity index (χ0) is 25.8. The highest BCUT2D eigenvalue weighted by Gasteiger charge is 2.64. The molecule has 5 nitrogen and oxygen atoms in total. The van der Waals surface area contributed by atoms with Crippen LogP contribution in [0, 0.1) is 23.7 Å². The SMILES string of the molecule is CCCCCCCCCCOC(=O)c1ccc(N2C(=O)[C@H]3[C@@H]4C[C@@H]([C@@H]3C2=O)[C@H](c2ccccc2)C4)cc1. The number of imide groups is 1. The summed E-state index contributed by atoms with van der Waals surface area (Å²) in [6.45, 7) is 2.65. The van der Waals surface area contributed by atoms with Gasteiger partial charge in [0.1, 0.15) is 0 Å². The summed E-state index contributed by atoms with van der Waals surface area (Å²) in [6, 6.07) is 17.2. The standard InChI is InChI=1S/C32H39NO4/c1-2-3-4-5-6-7-8-12-19-37-32(36)23-15-17-25(18-16-23)33-30(34)28-24-20-26(22-13-10-9-11-14-22)27(21-24)29(28)31(33)35/h9-11,13-18,24,26-29H,2-8,12,19-21H2,1H3/t24-,26-,27+,28-,29-/m0/s1. The molecule has 1 aliphatic heterocycles. The molecule has 2 aromatic carbocycles. The highest BCUT2D eigenvalue weighted by atomic mass is 16.5. The third-order valence-corrected chi connectivity index (χ3v) is 8.84. The molecule has 5 heteroatoms. The second-order valence-corrected chi connectivity index (χ2v) is 11.1. The van der Waals surface area contributed by atoms with Gasteiger partial charge in [-0.15, -0.1) is 0 Å². The van der Waals surface area contributed by atoms with Crippen molar-refractivity contribution in [3.05, 3.63) is 65.7 Å². The lowest BCUT2D eigenvalue weighted by molar-refractivity contribution is -0.123. The number of nitrogens with zero attached hydrogens (tertiary/aromatic N) is 1. The largest absolute Gasteiger partial charge is 0.462 e. The van der Waals surface area contributed by atoms with Crippen molar-refractivity contribution in [1.29, 1.82) is 0 Å². The van der Waals surface area contributed by atoms with E-state index in [4.69, 9.17) is 4.74 Å². The van der Waals surface area contributed by atoms with Gasteiger partial charge in [0.2, 0.25) is 11.8 Å². The third-order valence-electron chi connectivity index (χ3n) is 8.84. The summed E-state index contributed by atoms with van der Waals surface area (Å²) in [5, 5.41) is 0. The average molecular weight is 502 g/mol. The minimum atomic E-state index is -0.353. The van der Waals surface area contributed by atoms with E-state index in [2.05, 4.69) is 31.2 Å². The van der Waals surface area contributed by atoms with Gasteiger partial charge < -0.3 is 4.74 Å². The molecule has 0 aromatic heterocycles. The van der Waals surface area contributed by atoms with Gasteiger partial charge in [0.15, 0.2) is 0 Å². The van der Waals surface area contributed by atoms with Crippen molar-refractivity contribution in [2.75, 3.05) is 11.5 Å². The predicted molar refractivity (Wildman–Crippen MR) is 144 cm³/mol. The minimum absolute atomic E-state index is 0.0703. The van der Waals surface area contributed by atoms with E-state index < -0.39 is 0 Å². The first-order valence-electron chi connectivity index (χ1n) is 14.3. The van der Waals surface area contributed by atoms with Gasteiger partial charge in [0.25, 0.3) is 0 Å². The molecule has 0 N–H and O–H groups in total. The van der Waals surface area contributed by atoms with E-state index in [9.17, 15) is 14.4 Å². The number of hydrogen-bond acceptors (Lipinski definition) is 4. The molecule has 0 unspecified atom stereocenters. The van der Waals surface area contributed by atoms with Gasteiger partial charge in [0, 0.05) is 0 Å². The summed E-state index contributed by atoms with van der Waals surface area (Å²) >= 11 is 0. The van der Waals surface area contributed by atoms with Crippen LogP contribution in [0.3, 0.4) is 0 Å². The number of anilines is 1. The number of benzene rings is 2. The molecule has 37 heavy (non-hydrogen) atoms. The Balaban J connectivity index is 1.14. The fourth-order valence-corrected chi connectivity index (χ4v) is 7.03. The minimum Gasteiger partial charge on any atom is -0.462 e. The maximum absolute atomic E-state index is 13.5. The second-order valence-electron chi connectivity index (χ2n) is 11.1. The number of amides is 2. The highest BCUT2D eigenvalue weighted by molar-refractivity contribution is 6.22. The topological polar surface area (TPSA) is 63.7 Å². The summed E-state index contributed by atoms with van der Waals surface area (Å²) in [4.78, 5) is 40.7. The van der Waals surface area contributed by atoms with Crippen LogP contribution in [0.25, 0.3) is 0 Å². The number of hydrogen-bond donors (Lipinski definition) is 0. The number of esters is 1. The van der Waals surface area contributed by atoms with Gasteiger partial charge in [0.05, 0.1) is 29.7 Å². The Morgan fingerprint density at radius 2 is 1.46 bits per heavy atom. The maximum atomic E-state index is 13.5. The van der Waals surface area contributed by atoms with Crippen LogP contribution in [0.2, 0.25) is 0 Å². The zero-order valence-corrected chi connectivity index (χ0v) is 21.9. The first-order chi connectivity index (χ1) is 18.1. The van der Waals surface area contributed by atoms with Crippen LogP contribution in [0.15, 0.2) is 54.6 Å². The van der Waals surface area contributed by atoms with E-state index in [1.54, 1.807) is 24.3 Å². The van der Waals surface area contributed by atoms with Gasteiger partial charge in [-0.2, -0.15) is 0 Å². The Morgan fingerprint density at radius 3 is 2.16 bits per heavy atom. The van der Waals surface area contributed by atoms with Crippen LogP contribution < -0.4 is 4.90 Å². The van der Waals surface area contributed by atoms with E-state index >= 15 is 0 Å². The lowest BCUT2D eigenvalue weighted by atomic mass is 9.73. The molecule has 3 fully saturated rings. The molecule has 1 heterocycles. The Bertz CT molecular complexity index is 1100. The number of fused-ring (bicyclic) bond motifs is 5. The fraction of sp³-hybridized carbons (Fsp3) is 0.531. The number of unbranched alkanes of at least 4 members (excludes halogenated alkanes) is 7. The number of rotatable bonds is 12. The monoisotopic (exact) mass is 501 g/mol.